The first-order valence-corrected chi connectivity index (χ1v) is 5.44. The molecule has 1 amide bonds. The summed E-state index contributed by atoms with van der Waals surface area (Å²) in [6, 6.07) is 3.29. The van der Waals surface area contributed by atoms with Gasteiger partial charge in [0.25, 0.3) is 17.5 Å². The number of halogens is 3. The van der Waals surface area contributed by atoms with Crippen molar-refractivity contribution in [3.8, 4) is 0 Å². The molecular formula is C10H10ClF2N3O3. The zero-order chi connectivity index (χ0) is 14.6. The highest BCUT2D eigenvalue weighted by Crippen LogP contribution is 2.22. The Labute approximate surface area is 111 Å². The van der Waals surface area contributed by atoms with Crippen LogP contribution in [0.15, 0.2) is 18.2 Å². The van der Waals surface area contributed by atoms with Crippen molar-refractivity contribution in [1.82, 2.24) is 5.32 Å². The lowest BCUT2D eigenvalue weighted by Gasteiger charge is -2.14. The van der Waals surface area contributed by atoms with Gasteiger partial charge in [-0.3, -0.25) is 14.9 Å². The van der Waals surface area contributed by atoms with E-state index in [4.69, 9.17) is 17.3 Å². The molecule has 19 heavy (non-hydrogen) atoms. The number of nitrogens with zero attached hydrogens (tertiary/aromatic N) is 1. The molecule has 0 saturated carbocycles. The Bertz CT molecular complexity index is 511. The maximum absolute atomic E-state index is 12.9. The van der Waals surface area contributed by atoms with Crippen LogP contribution < -0.4 is 11.1 Å². The van der Waals surface area contributed by atoms with Crippen LogP contribution in [0.2, 0.25) is 5.02 Å². The number of nitrogens with one attached hydrogen (secondary N) is 1. The molecule has 0 spiro atoms. The predicted molar refractivity (Wildman–Crippen MR) is 64.4 cm³/mol. The monoisotopic (exact) mass is 293 g/mol. The third-order valence-electron chi connectivity index (χ3n) is 2.21. The Hall–Kier alpha value is -1.80. The van der Waals surface area contributed by atoms with Gasteiger partial charge in [0.2, 0.25) is 0 Å². The van der Waals surface area contributed by atoms with Gasteiger partial charge in [-0.05, 0) is 12.1 Å². The van der Waals surface area contributed by atoms with Crippen molar-refractivity contribution in [3.05, 3.63) is 38.9 Å². The van der Waals surface area contributed by atoms with Gasteiger partial charge in [-0.25, -0.2) is 8.78 Å². The number of nitro groups is 1. The van der Waals surface area contributed by atoms with Crippen molar-refractivity contribution < 1.29 is 18.5 Å². The molecule has 0 radical (unpaired) electrons. The molecule has 0 atom stereocenters. The molecule has 0 saturated heterocycles. The molecule has 104 valence electrons. The number of carbonyl (C=O) groups is 1. The Morgan fingerprint density at radius 1 is 1.53 bits per heavy atom. The van der Waals surface area contributed by atoms with Gasteiger partial charge in [-0.2, -0.15) is 0 Å². The van der Waals surface area contributed by atoms with Gasteiger partial charge in [-0.1, -0.05) is 11.6 Å². The third-order valence-corrected chi connectivity index (χ3v) is 2.44. The van der Waals surface area contributed by atoms with Gasteiger partial charge >= 0.3 is 0 Å². The van der Waals surface area contributed by atoms with Crippen molar-refractivity contribution in [2.45, 2.75) is 5.92 Å². The van der Waals surface area contributed by atoms with Crippen LogP contribution >= 0.6 is 11.6 Å². The predicted octanol–water partition coefficient (Wildman–Crippen LogP) is 1.57. The van der Waals surface area contributed by atoms with E-state index < -0.39 is 35.5 Å². The summed E-state index contributed by atoms with van der Waals surface area (Å²) >= 11 is 5.61. The van der Waals surface area contributed by atoms with Gasteiger partial charge in [0.1, 0.15) is 5.56 Å². The maximum atomic E-state index is 12.9. The van der Waals surface area contributed by atoms with E-state index in [0.29, 0.717) is 0 Å². The summed E-state index contributed by atoms with van der Waals surface area (Å²) in [6.07, 6.45) is 0. The fourth-order valence-corrected chi connectivity index (χ4v) is 1.40. The summed E-state index contributed by atoms with van der Waals surface area (Å²) in [7, 11) is 0. The summed E-state index contributed by atoms with van der Waals surface area (Å²) < 4.78 is 25.7. The average molecular weight is 294 g/mol. The molecule has 0 aliphatic carbocycles. The van der Waals surface area contributed by atoms with Gasteiger partial charge < -0.3 is 11.1 Å². The van der Waals surface area contributed by atoms with Gasteiger partial charge in [0, 0.05) is 11.1 Å². The van der Waals surface area contributed by atoms with Crippen LogP contribution in [-0.2, 0) is 0 Å². The van der Waals surface area contributed by atoms with Crippen molar-refractivity contribution in [3.63, 3.8) is 0 Å². The maximum Gasteiger partial charge on any atom is 0.282 e. The van der Waals surface area contributed by atoms with Gasteiger partial charge in [-0.15, -0.1) is 0 Å². The smallest absolute Gasteiger partial charge is 0.282 e. The topological polar surface area (TPSA) is 98.3 Å². The SMILES string of the molecule is NCC(F)(F)CNC(=O)c1cc(Cl)ccc1[N+](=O)[O-]. The summed E-state index contributed by atoms with van der Waals surface area (Å²) in [5, 5.41) is 12.7. The second kappa shape index (κ2) is 5.89. The van der Waals surface area contributed by atoms with Crippen LogP contribution in [0.5, 0.6) is 0 Å². The Balaban J connectivity index is 2.93. The Morgan fingerprint density at radius 2 is 2.16 bits per heavy atom. The summed E-state index contributed by atoms with van der Waals surface area (Å²) in [5.74, 6) is -4.29. The summed E-state index contributed by atoms with van der Waals surface area (Å²) in [6.45, 7) is -1.95. The van der Waals surface area contributed by atoms with E-state index in [0.717, 1.165) is 12.1 Å². The molecule has 3 N–H and O–H groups in total. The fraction of sp³-hybridized carbons (Fsp3) is 0.300. The first-order valence-electron chi connectivity index (χ1n) is 5.07. The standard InChI is InChI=1S/C10H10ClF2N3O3/c11-6-1-2-8(16(18)19)7(3-6)9(17)15-5-10(12,13)4-14/h1-3H,4-5,14H2,(H,15,17). The molecule has 0 aliphatic rings. The van der Waals surface area contributed by atoms with E-state index in [2.05, 4.69) is 0 Å². The van der Waals surface area contributed by atoms with Gasteiger partial charge in [0.05, 0.1) is 18.0 Å². The molecule has 0 unspecified atom stereocenters. The number of nitro benzene ring substituents is 1. The molecule has 1 aromatic carbocycles. The molecule has 0 aromatic heterocycles. The van der Waals surface area contributed by atoms with Gasteiger partial charge in [0.15, 0.2) is 0 Å². The van der Waals surface area contributed by atoms with Crippen molar-refractivity contribution >= 4 is 23.2 Å². The van der Waals surface area contributed by atoms with Crippen LogP contribution in [-0.4, -0.2) is 29.8 Å². The van der Waals surface area contributed by atoms with Crippen molar-refractivity contribution in [2.24, 2.45) is 5.73 Å². The fourth-order valence-electron chi connectivity index (χ4n) is 1.23. The quantitative estimate of drug-likeness (QED) is 0.636. The number of nitrogens with two attached hydrogens (primary N) is 1. The normalized spacial score (nSPS) is 11.2. The Kier molecular flexibility index (Phi) is 4.73. The van der Waals surface area contributed by atoms with Crippen LogP contribution in [0.3, 0.4) is 0 Å². The molecule has 1 aromatic rings. The number of rotatable bonds is 5. The second-order valence-corrected chi connectivity index (χ2v) is 4.10. The van der Waals surface area contributed by atoms with E-state index in [1.165, 1.54) is 6.07 Å². The summed E-state index contributed by atoms with van der Waals surface area (Å²) in [4.78, 5) is 21.5. The van der Waals surface area contributed by atoms with Crippen LogP contribution in [0.25, 0.3) is 0 Å². The highest BCUT2D eigenvalue weighted by molar-refractivity contribution is 6.31. The Morgan fingerprint density at radius 3 is 2.68 bits per heavy atom. The lowest BCUT2D eigenvalue weighted by Crippen LogP contribution is -2.41. The minimum Gasteiger partial charge on any atom is -0.346 e. The number of carbonyl (C=O) groups excluding carboxylic acids is 1. The highest BCUT2D eigenvalue weighted by atomic mass is 35.5. The van der Waals surface area contributed by atoms with E-state index in [1.54, 1.807) is 0 Å². The van der Waals surface area contributed by atoms with E-state index in [9.17, 15) is 23.7 Å². The molecule has 0 heterocycles. The molecule has 9 heteroatoms. The minimum atomic E-state index is -3.27. The molecule has 0 fully saturated rings. The second-order valence-electron chi connectivity index (χ2n) is 3.66. The first-order chi connectivity index (χ1) is 8.76. The van der Waals surface area contributed by atoms with Crippen LogP contribution in [0.4, 0.5) is 14.5 Å². The highest BCUT2D eigenvalue weighted by Gasteiger charge is 2.29. The first kappa shape index (κ1) is 15.3. The lowest BCUT2D eigenvalue weighted by atomic mass is 10.1. The molecule has 0 bridgehead atoms. The van der Waals surface area contributed by atoms with Crippen LogP contribution in [0.1, 0.15) is 10.4 Å². The molecule has 6 nitrogen and oxygen atoms in total. The van der Waals surface area contributed by atoms with Crippen molar-refractivity contribution in [2.75, 3.05) is 13.1 Å². The number of amides is 1. The van der Waals surface area contributed by atoms with E-state index >= 15 is 0 Å². The van der Waals surface area contributed by atoms with E-state index in [-0.39, 0.29) is 10.6 Å². The lowest BCUT2D eigenvalue weighted by molar-refractivity contribution is -0.385. The zero-order valence-electron chi connectivity index (χ0n) is 9.53. The minimum absolute atomic E-state index is 0.0846. The number of alkyl halides is 2. The summed E-state index contributed by atoms with van der Waals surface area (Å²) in [5.41, 5.74) is 3.90. The number of benzene rings is 1. The molecule has 0 aliphatic heterocycles. The molecule has 1 rings (SSSR count). The largest absolute Gasteiger partial charge is 0.346 e. The molecular weight excluding hydrogens is 284 g/mol. The van der Waals surface area contributed by atoms with E-state index in [1.807, 2.05) is 5.32 Å². The average Bonchev–Trinajstić information content (AvgIpc) is 2.35. The van der Waals surface area contributed by atoms with Crippen molar-refractivity contribution in [1.29, 1.82) is 0 Å². The van der Waals surface area contributed by atoms with Crippen LogP contribution in [0, 0.1) is 10.1 Å². The zero-order valence-corrected chi connectivity index (χ0v) is 10.3. The third kappa shape index (κ3) is 4.11. The number of hydrogen-bond acceptors (Lipinski definition) is 4. The number of hydrogen-bond donors (Lipinski definition) is 2.